The van der Waals surface area contributed by atoms with Crippen molar-refractivity contribution in [2.75, 3.05) is 10.6 Å². The Balaban J connectivity index is 1.81. The minimum absolute atomic E-state index is 0.0115. The highest BCUT2D eigenvalue weighted by atomic mass is 19.1. The van der Waals surface area contributed by atoms with Gasteiger partial charge in [-0.15, -0.1) is 0 Å². The van der Waals surface area contributed by atoms with Crippen molar-refractivity contribution in [2.24, 2.45) is 0 Å². The summed E-state index contributed by atoms with van der Waals surface area (Å²) in [7, 11) is 0. The highest BCUT2D eigenvalue weighted by molar-refractivity contribution is 5.64. The van der Waals surface area contributed by atoms with Crippen molar-refractivity contribution in [1.82, 2.24) is 9.97 Å². The number of aryl methyl sites for hydroxylation is 1. The van der Waals surface area contributed by atoms with Gasteiger partial charge in [-0.1, -0.05) is 57.2 Å². The lowest BCUT2D eigenvalue weighted by atomic mass is 9.86. The van der Waals surface area contributed by atoms with E-state index in [1.54, 1.807) is 12.1 Å². The molecule has 140 valence electrons. The van der Waals surface area contributed by atoms with Crippen molar-refractivity contribution in [2.45, 2.75) is 39.7 Å². The highest BCUT2D eigenvalue weighted by Crippen LogP contribution is 2.31. The molecule has 27 heavy (non-hydrogen) atoms. The molecule has 2 aromatic carbocycles. The van der Waals surface area contributed by atoms with E-state index in [0.29, 0.717) is 29.6 Å². The third kappa shape index (κ3) is 4.82. The summed E-state index contributed by atoms with van der Waals surface area (Å²) in [6.45, 7) is 8.75. The van der Waals surface area contributed by atoms with Crippen LogP contribution in [0.4, 0.5) is 21.7 Å². The Morgan fingerprint density at radius 1 is 0.926 bits per heavy atom. The summed E-state index contributed by atoms with van der Waals surface area (Å²) in [5.41, 5.74) is 2.84. The van der Waals surface area contributed by atoms with Gasteiger partial charge in [0, 0.05) is 23.9 Å². The van der Waals surface area contributed by atoms with E-state index in [0.717, 1.165) is 5.69 Å². The van der Waals surface area contributed by atoms with Crippen molar-refractivity contribution < 1.29 is 4.39 Å². The number of anilines is 3. The fraction of sp³-hybridized carbons (Fsp3) is 0.273. The van der Waals surface area contributed by atoms with Gasteiger partial charge in [0.2, 0.25) is 0 Å². The number of rotatable bonds is 5. The minimum Gasteiger partial charge on any atom is -0.366 e. The van der Waals surface area contributed by atoms with E-state index in [1.165, 1.54) is 11.6 Å². The van der Waals surface area contributed by atoms with Gasteiger partial charge in [0.25, 0.3) is 0 Å². The molecule has 0 aliphatic heterocycles. The maximum Gasteiger partial charge on any atom is 0.136 e. The second-order valence-corrected chi connectivity index (χ2v) is 7.55. The van der Waals surface area contributed by atoms with Crippen LogP contribution in [0.5, 0.6) is 0 Å². The summed E-state index contributed by atoms with van der Waals surface area (Å²) in [6, 6.07) is 16.8. The van der Waals surface area contributed by atoms with Crippen LogP contribution >= 0.6 is 0 Å². The van der Waals surface area contributed by atoms with E-state index < -0.39 is 0 Å². The Morgan fingerprint density at radius 3 is 2.33 bits per heavy atom. The first kappa shape index (κ1) is 18.8. The first-order chi connectivity index (χ1) is 12.8. The van der Waals surface area contributed by atoms with Gasteiger partial charge in [-0.3, -0.25) is 0 Å². The molecule has 0 unspecified atom stereocenters. The zero-order valence-electron chi connectivity index (χ0n) is 16.2. The average Bonchev–Trinajstić information content (AvgIpc) is 2.60. The van der Waals surface area contributed by atoms with Crippen molar-refractivity contribution in [1.29, 1.82) is 0 Å². The molecule has 0 saturated carbocycles. The molecule has 0 fully saturated rings. The molecule has 0 radical (unpaired) electrons. The number of nitrogens with one attached hydrogen (secondary N) is 2. The molecular weight excluding hydrogens is 339 g/mol. The third-order valence-electron chi connectivity index (χ3n) is 4.25. The average molecular weight is 364 g/mol. The molecule has 5 heteroatoms. The molecule has 0 amide bonds. The number of para-hydroxylation sites is 1. The molecule has 0 aliphatic rings. The molecule has 0 aliphatic carbocycles. The zero-order chi connectivity index (χ0) is 19.4. The van der Waals surface area contributed by atoms with Crippen LogP contribution in [0.2, 0.25) is 0 Å². The highest BCUT2D eigenvalue weighted by Gasteiger charge is 2.17. The fourth-order valence-electron chi connectivity index (χ4n) is 2.93. The molecule has 0 saturated heterocycles. The lowest BCUT2D eigenvalue weighted by Gasteiger charge is -2.23. The number of hydrogen-bond donors (Lipinski definition) is 2. The summed E-state index contributed by atoms with van der Waals surface area (Å²) < 4.78 is 13.8. The van der Waals surface area contributed by atoms with Crippen molar-refractivity contribution in [3.05, 3.63) is 77.4 Å². The maximum absolute atomic E-state index is 13.8. The van der Waals surface area contributed by atoms with Crippen molar-refractivity contribution in [3.63, 3.8) is 0 Å². The van der Waals surface area contributed by atoms with Gasteiger partial charge in [0.05, 0.1) is 0 Å². The molecule has 0 atom stereocenters. The van der Waals surface area contributed by atoms with Crippen LogP contribution in [0.15, 0.2) is 54.6 Å². The molecular formula is C22H25FN4. The smallest absolute Gasteiger partial charge is 0.136 e. The van der Waals surface area contributed by atoms with Crippen LogP contribution in [0.25, 0.3) is 0 Å². The topological polar surface area (TPSA) is 49.8 Å². The maximum atomic E-state index is 13.8. The number of hydrogen-bond acceptors (Lipinski definition) is 4. The number of nitrogens with zero attached hydrogens (tertiary/aromatic N) is 2. The summed E-state index contributed by atoms with van der Waals surface area (Å²) in [4.78, 5) is 8.90. The number of aromatic nitrogens is 2. The summed E-state index contributed by atoms with van der Waals surface area (Å²) >= 11 is 0. The Hall–Kier alpha value is -2.95. The first-order valence-corrected chi connectivity index (χ1v) is 9.02. The Morgan fingerprint density at radius 2 is 1.59 bits per heavy atom. The second-order valence-electron chi connectivity index (χ2n) is 7.55. The third-order valence-corrected chi connectivity index (χ3v) is 4.25. The Labute approximate surface area is 159 Å². The van der Waals surface area contributed by atoms with Crippen LogP contribution in [0.1, 0.15) is 37.7 Å². The van der Waals surface area contributed by atoms with E-state index in [1.807, 2.05) is 37.3 Å². The van der Waals surface area contributed by atoms with Crippen LogP contribution in [-0.4, -0.2) is 9.97 Å². The molecule has 1 heterocycles. The van der Waals surface area contributed by atoms with Gasteiger partial charge < -0.3 is 10.6 Å². The molecule has 2 N–H and O–H groups in total. The van der Waals surface area contributed by atoms with E-state index in [9.17, 15) is 4.39 Å². The van der Waals surface area contributed by atoms with Gasteiger partial charge in [0.1, 0.15) is 23.3 Å². The summed E-state index contributed by atoms with van der Waals surface area (Å²) in [5.74, 6) is 1.77. The zero-order valence-corrected chi connectivity index (χ0v) is 16.2. The van der Waals surface area contributed by atoms with E-state index in [2.05, 4.69) is 47.4 Å². The molecule has 0 bridgehead atoms. The van der Waals surface area contributed by atoms with Crippen LogP contribution in [-0.2, 0) is 12.0 Å². The van der Waals surface area contributed by atoms with Gasteiger partial charge in [-0.05, 0) is 30.0 Å². The quantitative estimate of drug-likeness (QED) is 0.621. The minimum atomic E-state index is -0.228. The molecule has 3 rings (SSSR count). The molecule has 1 aromatic heterocycles. The Kier molecular flexibility index (Phi) is 5.40. The van der Waals surface area contributed by atoms with Crippen LogP contribution < -0.4 is 10.6 Å². The van der Waals surface area contributed by atoms with E-state index >= 15 is 0 Å². The predicted molar refractivity (Wildman–Crippen MR) is 109 cm³/mol. The summed E-state index contributed by atoms with van der Waals surface area (Å²) in [5, 5.41) is 6.59. The normalized spacial score (nSPS) is 11.3. The predicted octanol–water partition coefficient (Wildman–Crippen LogP) is 5.58. The van der Waals surface area contributed by atoms with Crippen LogP contribution in [0, 0.1) is 12.7 Å². The molecule has 4 nitrogen and oxygen atoms in total. The number of halogens is 1. The van der Waals surface area contributed by atoms with Gasteiger partial charge in [-0.2, -0.15) is 0 Å². The largest absolute Gasteiger partial charge is 0.366 e. The molecule has 3 aromatic rings. The second kappa shape index (κ2) is 7.74. The van der Waals surface area contributed by atoms with Crippen molar-refractivity contribution in [3.8, 4) is 0 Å². The number of benzene rings is 2. The van der Waals surface area contributed by atoms with Gasteiger partial charge in [0.15, 0.2) is 0 Å². The lowest BCUT2D eigenvalue weighted by molar-refractivity contribution is 0.592. The fourth-order valence-corrected chi connectivity index (χ4v) is 2.93. The SMILES string of the molecule is Cc1nc(NCc2ccccc2F)cc(Nc2ccccc2C(C)(C)C)n1. The Bertz CT molecular complexity index is 932. The van der Waals surface area contributed by atoms with Gasteiger partial charge >= 0.3 is 0 Å². The van der Waals surface area contributed by atoms with Gasteiger partial charge in [-0.25, -0.2) is 14.4 Å². The lowest BCUT2D eigenvalue weighted by Crippen LogP contribution is -2.14. The first-order valence-electron chi connectivity index (χ1n) is 9.02. The summed E-state index contributed by atoms with van der Waals surface area (Å²) in [6.07, 6.45) is 0. The monoisotopic (exact) mass is 364 g/mol. The van der Waals surface area contributed by atoms with Crippen LogP contribution in [0.3, 0.4) is 0 Å². The van der Waals surface area contributed by atoms with Crippen molar-refractivity contribution >= 4 is 17.3 Å². The standard InChI is InChI=1S/C22H25FN4/c1-15-25-20(24-14-16-9-5-7-11-18(16)23)13-21(26-15)27-19-12-8-6-10-17(19)22(2,3)4/h5-13H,14H2,1-4H3,(H2,24,25,26,27). The molecule has 0 spiro atoms. The van der Waals surface area contributed by atoms with E-state index in [-0.39, 0.29) is 11.2 Å². The van der Waals surface area contributed by atoms with E-state index in [4.69, 9.17) is 0 Å².